The van der Waals surface area contributed by atoms with Crippen LogP contribution in [0.5, 0.6) is 11.5 Å². The number of fused-ring (bicyclic) bond motifs is 1. The van der Waals surface area contributed by atoms with E-state index in [-0.39, 0.29) is 5.02 Å². The van der Waals surface area contributed by atoms with Crippen molar-refractivity contribution >= 4 is 35.1 Å². The van der Waals surface area contributed by atoms with E-state index in [0.717, 1.165) is 6.07 Å². The molecule has 2 aromatic carbocycles. The molecule has 0 aliphatic carbocycles. The number of carbonyl (C=O) groups is 3. The molecule has 0 saturated carbocycles. The predicted molar refractivity (Wildman–Crippen MR) is 115 cm³/mol. The Hall–Kier alpha value is -3.47. The number of nitrogens with zero attached hydrogens (tertiary/aromatic N) is 1. The van der Waals surface area contributed by atoms with E-state index in [1.807, 2.05) is 0 Å². The number of imide groups is 1. The van der Waals surface area contributed by atoms with Gasteiger partial charge in [-0.15, -0.1) is 0 Å². The summed E-state index contributed by atoms with van der Waals surface area (Å²) in [6.45, 7) is 1.58. The Labute approximate surface area is 196 Å². The maximum atomic E-state index is 13.3. The van der Waals surface area contributed by atoms with Gasteiger partial charge in [-0.1, -0.05) is 17.7 Å². The Morgan fingerprint density at radius 3 is 2.56 bits per heavy atom. The first-order valence-electron chi connectivity index (χ1n) is 10.2. The van der Waals surface area contributed by atoms with E-state index in [1.54, 1.807) is 18.2 Å². The lowest BCUT2D eigenvalue weighted by molar-refractivity contribution is -0.137. The number of rotatable bonds is 4. The molecule has 0 radical (unpaired) electrons. The molecule has 2 heterocycles. The molecule has 1 saturated heterocycles. The summed E-state index contributed by atoms with van der Waals surface area (Å²) >= 11 is 5.64. The summed E-state index contributed by atoms with van der Waals surface area (Å²) in [4.78, 5) is 38.8. The quantitative estimate of drug-likeness (QED) is 0.624. The van der Waals surface area contributed by atoms with Crippen LogP contribution in [0.15, 0.2) is 36.4 Å². The van der Waals surface area contributed by atoms with Crippen LogP contribution in [-0.2, 0) is 21.3 Å². The topological polar surface area (TPSA) is 97.0 Å². The molecule has 12 heteroatoms. The lowest BCUT2D eigenvalue weighted by Gasteiger charge is -2.23. The lowest BCUT2D eigenvalue weighted by atomic mass is 9.91. The maximum absolute atomic E-state index is 13.3. The lowest BCUT2D eigenvalue weighted by Crippen LogP contribution is -2.42. The number of anilines is 1. The Kier molecular flexibility index (Phi) is 6.07. The summed E-state index contributed by atoms with van der Waals surface area (Å²) in [5.41, 5.74) is -2.81. The number of urea groups is 1. The highest BCUT2D eigenvalue weighted by Gasteiger charge is 2.50. The second-order valence-electron chi connectivity index (χ2n) is 7.89. The SMILES string of the molecule is CC1(c2ccc3c(c2)OCCCO3)NC(=O)N(CC(=O)Nc2ccc(Cl)cc2C(F)(F)F)C1=O. The number of hydrogen-bond acceptors (Lipinski definition) is 5. The van der Waals surface area contributed by atoms with Crippen LogP contribution in [0.25, 0.3) is 0 Å². The van der Waals surface area contributed by atoms with Crippen molar-refractivity contribution in [1.82, 2.24) is 10.2 Å². The van der Waals surface area contributed by atoms with Crippen molar-refractivity contribution in [2.45, 2.75) is 25.1 Å². The van der Waals surface area contributed by atoms with Gasteiger partial charge in [-0.2, -0.15) is 13.2 Å². The summed E-state index contributed by atoms with van der Waals surface area (Å²) in [5.74, 6) is -0.813. The van der Waals surface area contributed by atoms with Crippen LogP contribution in [0, 0.1) is 0 Å². The number of amides is 4. The third kappa shape index (κ3) is 4.47. The second kappa shape index (κ2) is 8.71. The van der Waals surface area contributed by atoms with Gasteiger partial charge in [-0.3, -0.25) is 14.5 Å². The normalized spacial score (nSPS) is 20.1. The Morgan fingerprint density at radius 2 is 1.85 bits per heavy atom. The van der Waals surface area contributed by atoms with Gasteiger partial charge in [0.1, 0.15) is 12.1 Å². The molecule has 0 bridgehead atoms. The van der Waals surface area contributed by atoms with Gasteiger partial charge in [0.05, 0.1) is 24.5 Å². The minimum atomic E-state index is -4.77. The minimum Gasteiger partial charge on any atom is -0.490 e. The molecule has 1 atom stereocenters. The van der Waals surface area contributed by atoms with Gasteiger partial charge in [0.15, 0.2) is 11.5 Å². The summed E-state index contributed by atoms with van der Waals surface area (Å²) in [5, 5.41) is 4.48. The van der Waals surface area contributed by atoms with Gasteiger partial charge in [0, 0.05) is 11.4 Å². The van der Waals surface area contributed by atoms with Crippen molar-refractivity contribution in [3.05, 3.63) is 52.5 Å². The molecule has 0 spiro atoms. The van der Waals surface area contributed by atoms with E-state index in [9.17, 15) is 27.6 Å². The number of halogens is 4. The third-order valence-electron chi connectivity index (χ3n) is 5.46. The Bertz CT molecular complexity index is 1170. The molecule has 1 unspecified atom stereocenters. The first-order chi connectivity index (χ1) is 16.0. The zero-order chi connectivity index (χ0) is 24.7. The molecular weight excluding hydrogens is 479 g/mol. The fourth-order valence-electron chi connectivity index (χ4n) is 3.70. The molecule has 2 aliphatic rings. The first kappa shape index (κ1) is 23.7. The van der Waals surface area contributed by atoms with Crippen LogP contribution in [0.2, 0.25) is 5.02 Å². The summed E-state index contributed by atoms with van der Waals surface area (Å²) in [6, 6.07) is 6.78. The molecule has 8 nitrogen and oxygen atoms in total. The standard InChI is InChI=1S/C22H19ClF3N3O5/c1-21(12-3-6-16-17(9-12)34-8-2-7-33-16)19(31)29(20(32)28-21)11-18(30)27-15-5-4-13(23)10-14(15)22(24,25)26/h3-6,9-10H,2,7-8,11H2,1H3,(H,27,30)(H,28,32). The van der Waals surface area contributed by atoms with Crippen LogP contribution in [-0.4, -0.2) is 42.5 Å². The summed E-state index contributed by atoms with van der Waals surface area (Å²) in [6.07, 6.45) is -4.09. The molecule has 4 rings (SSSR count). The van der Waals surface area contributed by atoms with Gasteiger partial charge in [0.25, 0.3) is 5.91 Å². The minimum absolute atomic E-state index is 0.162. The number of nitrogens with one attached hydrogen (secondary N) is 2. The maximum Gasteiger partial charge on any atom is 0.418 e. The molecule has 1 fully saturated rings. The van der Waals surface area contributed by atoms with Crippen molar-refractivity contribution in [2.75, 3.05) is 25.1 Å². The summed E-state index contributed by atoms with van der Waals surface area (Å²) in [7, 11) is 0. The van der Waals surface area contributed by atoms with Gasteiger partial charge in [-0.25, -0.2) is 4.79 Å². The predicted octanol–water partition coefficient (Wildman–Crippen LogP) is 3.93. The zero-order valence-corrected chi connectivity index (χ0v) is 18.5. The van der Waals surface area contributed by atoms with Gasteiger partial charge in [-0.05, 0) is 42.8 Å². The van der Waals surface area contributed by atoms with Crippen LogP contribution in [0.3, 0.4) is 0 Å². The molecular formula is C22H19ClF3N3O5. The molecule has 0 aromatic heterocycles. The average Bonchev–Trinajstić information content (AvgIpc) is 2.93. The van der Waals surface area contributed by atoms with Gasteiger partial charge >= 0.3 is 12.2 Å². The largest absolute Gasteiger partial charge is 0.490 e. The van der Waals surface area contributed by atoms with Crippen LogP contribution in [0.1, 0.15) is 24.5 Å². The van der Waals surface area contributed by atoms with Crippen molar-refractivity contribution in [3.63, 3.8) is 0 Å². The first-order valence-corrected chi connectivity index (χ1v) is 10.6. The van der Waals surface area contributed by atoms with Gasteiger partial charge < -0.3 is 20.1 Å². The summed E-state index contributed by atoms with van der Waals surface area (Å²) < 4.78 is 51.1. The van der Waals surface area contributed by atoms with Crippen molar-refractivity contribution in [3.8, 4) is 11.5 Å². The van der Waals surface area contributed by atoms with Crippen LogP contribution >= 0.6 is 11.6 Å². The highest BCUT2D eigenvalue weighted by Crippen LogP contribution is 2.38. The smallest absolute Gasteiger partial charge is 0.418 e. The number of alkyl halides is 3. The Morgan fingerprint density at radius 1 is 1.15 bits per heavy atom. The number of hydrogen-bond donors (Lipinski definition) is 2. The van der Waals surface area contributed by atoms with E-state index >= 15 is 0 Å². The fraction of sp³-hybridized carbons (Fsp3) is 0.318. The molecule has 2 N–H and O–H groups in total. The fourth-order valence-corrected chi connectivity index (χ4v) is 3.88. The molecule has 2 aromatic rings. The Balaban J connectivity index is 1.53. The van der Waals surface area contributed by atoms with E-state index < -0.39 is 47.4 Å². The number of ether oxygens (including phenoxy) is 2. The number of benzene rings is 2. The highest BCUT2D eigenvalue weighted by atomic mass is 35.5. The van der Waals surface area contributed by atoms with Crippen LogP contribution in [0.4, 0.5) is 23.7 Å². The van der Waals surface area contributed by atoms with E-state index in [2.05, 4.69) is 10.6 Å². The highest BCUT2D eigenvalue weighted by molar-refractivity contribution is 6.30. The monoisotopic (exact) mass is 497 g/mol. The average molecular weight is 498 g/mol. The van der Waals surface area contributed by atoms with E-state index in [4.69, 9.17) is 21.1 Å². The van der Waals surface area contributed by atoms with Crippen LogP contribution < -0.4 is 20.1 Å². The van der Waals surface area contributed by atoms with Crippen molar-refractivity contribution in [2.24, 2.45) is 0 Å². The van der Waals surface area contributed by atoms with Crippen molar-refractivity contribution in [1.29, 1.82) is 0 Å². The second-order valence-corrected chi connectivity index (χ2v) is 8.33. The van der Waals surface area contributed by atoms with Gasteiger partial charge in [0.2, 0.25) is 5.91 Å². The third-order valence-corrected chi connectivity index (χ3v) is 5.70. The van der Waals surface area contributed by atoms with E-state index in [1.165, 1.54) is 13.0 Å². The van der Waals surface area contributed by atoms with E-state index in [0.29, 0.717) is 47.7 Å². The molecule has 34 heavy (non-hydrogen) atoms. The number of carbonyl (C=O) groups excluding carboxylic acids is 3. The molecule has 2 aliphatic heterocycles. The molecule has 180 valence electrons. The molecule has 4 amide bonds. The van der Waals surface area contributed by atoms with Crippen molar-refractivity contribution < 1.29 is 37.0 Å². The zero-order valence-electron chi connectivity index (χ0n) is 17.8.